The van der Waals surface area contributed by atoms with Crippen LogP contribution < -0.4 is 5.32 Å². The fourth-order valence-corrected chi connectivity index (χ4v) is 2.40. The molecule has 3 unspecified atom stereocenters. The Kier molecular flexibility index (Phi) is 3.85. The van der Waals surface area contributed by atoms with Gasteiger partial charge < -0.3 is 10.1 Å². The molecule has 3 atom stereocenters. The molecule has 2 rings (SSSR count). The molecule has 16 heavy (non-hydrogen) atoms. The molecule has 0 aromatic heterocycles. The van der Waals surface area contributed by atoms with E-state index in [2.05, 4.69) is 25.2 Å². The zero-order valence-corrected chi connectivity index (χ0v) is 10.5. The van der Waals surface area contributed by atoms with Gasteiger partial charge in [-0.05, 0) is 38.0 Å². The van der Waals surface area contributed by atoms with Crippen LogP contribution in [0, 0.1) is 0 Å². The van der Waals surface area contributed by atoms with Gasteiger partial charge in [0.2, 0.25) is 0 Å². The molecule has 1 aliphatic rings. The van der Waals surface area contributed by atoms with Gasteiger partial charge in [-0.15, -0.1) is 0 Å². The van der Waals surface area contributed by atoms with Crippen molar-refractivity contribution < 1.29 is 4.74 Å². The molecule has 1 aliphatic heterocycles. The summed E-state index contributed by atoms with van der Waals surface area (Å²) in [5.74, 6) is 0. The van der Waals surface area contributed by atoms with E-state index in [1.807, 2.05) is 18.2 Å². The Morgan fingerprint density at radius 1 is 1.38 bits per heavy atom. The maximum absolute atomic E-state index is 6.01. The van der Waals surface area contributed by atoms with E-state index in [4.69, 9.17) is 16.3 Å². The van der Waals surface area contributed by atoms with Gasteiger partial charge >= 0.3 is 0 Å². The van der Waals surface area contributed by atoms with Gasteiger partial charge in [-0.2, -0.15) is 0 Å². The fourth-order valence-electron chi connectivity index (χ4n) is 2.20. The van der Waals surface area contributed by atoms with E-state index in [0.717, 1.165) is 23.6 Å². The highest BCUT2D eigenvalue weighted by Gasteiger charge is 2.24. The van der Waals surface area contributed by atoms with Crippen molar-refractivity contribution in [2.24, 2.45) is 0 Å². The number of halogens is 1. The number of benzene rings is 1. The fraction of sp³-hybridized carbons (Fsp3) is 0.538. The Labute approximate surface area is 102 Å². The van der Waals surface area contributed by atoms with Crippen LogP contribution >= 0.6 is 11.6 Å². The molecule has 0 aliphatic carbocycles. The van der Waals surface area contributed by atoms with E-state index in [1.54, 1.807) is 0 Å². The lowest BCUT2D eigenvalue weighted by Gasteiger charge is -2.23. The third-order valence-corrected chi connectivity index (χ3v) is 3.26. The van der Waals surface area contributed by atoms with Gasteiger partial charge in [0.1, 0.15) is 0 Å². The van der Waals surface area contributed by atoms with Gasteiger partial charge in [0.15, 0.2) is 0 Å². The van der Waals surface area contributed by atoms with Crippen molar-refractivity contribution in [3.8, 4) is 0 Å². The van der Waals surface area contributed by atoms with Crippen LogP contribution in [-0.2, 0) is 4.74 Å². The Hall–Kier alpha value is -0.570. The van der Waals surface area contributed by atoms with Crippen molar-refractivity contribution in [1.29, 1.82) is 0 Å². The molecule has 1 fully saturated rings. The predicted octanol–water partition coefficient (Wildman–Crippen LogP) is 3.17. The topological polar surface area (TPSA) is 21.3 Å². The predicted molar refractivity (Wildman–Crippen MR) is 66.8 cm³/mol. The van der Waals surface area contributed by atoms with Crippen LogP contribution in [0.4, 0.5) is 0 Å². The van der Waals surface area contributed by atoms with Crippen molar-refractivity contribution in [3.05, 3.63) is 34.9 Å². The second-order valence-electron chi connectivity index (χ2n) is 4.49. The second-order valence-corrected chi connectivity index (χ2v) is 4.93. The highest BCUT2D eigenvalue weighted by atomic mass is 35.5. The Morgan fingerprint density at radius 3 is 2.94 bits per heavy atom. The number of ether oxygens (including phenoxy) is 1. The monoisotopic (exact) mass is 239 g/mol. The van der Waals surface area contributed by atoms with E-state index in [-0.39, 0.29) is 6.10 Å². The summed E-state index contributed by atoms with van der Waals surface area (Å²) in [6.07, 6.45) is 1.16. The molecular formula is C13H18ClNO. The highest BCUT2D eigenvalue weighted by molar-refractivity contribution is 6.30. The molecule has 88 valence electrons. The zero-order valence-electron chi connectivity index (χ0n) is 9.74. The standard InChI is InChI=1S/C13H18ClNO/c1-9-6-7-16-13(10(2)15-9)11-4-3-5-12(14)8-11/h3-5,8-10,13,15H,6-7H2,1-2H3. The van der Waals surface area contributed by atoms with Crippen molar-refractivity contribution in [3.63, 3.8) is 0 Å². The van der Waals surface area contributed by atoms with Crippen LogP contribution in [0.15, 0.2) is 24.3 Å². The smallest absolute Gasteiger partial charge is 0.0975 e. The van der Waals surface area contributed by atoms with Crippen molar-refractivity contribution >= 4 is 11.6 Å². The molecule has 0 bridgehead atoms. The molecule has 1 saturated heterocycles. The molecule has 1 aromatic rings. The third-order valence-electron chi connectivity index (χ3n) is 3.03. The average Bonchev–Trinajstić information content (AvgIpc) is 2.39. The van der Waals surface area contributed by atoms with Crippen LogP contribution in [0.1, 0.15) is 31.9 Å². The third kappa shape index (κ3) is 2.76. The number of nitrogens with one attached hydrogen (secondary N) is 1. The largest absolute Gasteiger partial charge is 0.372 e. The molecule has 1 heterocycles. The van der Waals surface area contributed by atoms with E-state index in [9.17, 15) is 0 Å². The highest BCUT2D eigenvalue weighted by Crippen LogP contribution is 2.26. The lowest BCUT2D eigenvalue weighted by Crippen LogP contribution is -2.36. The lowest BCUT2D eigenvalue weighted by atomic mass is 10.0. The van der Waals surface area contributed by atoms with Crippen LogP contribution in [-0.4, -0.2) is 18.7 Å². The first-order valence-electron chi connectivity index (χ1n) is 5.80. The minimum atomic E-state index is 0.101. The molecule has 1 aromatic carbocycles. The summed E-state index contributed by atoms with van der Waals surface area (Å²) in [5, 5.41) is 4.31. The van der Waals surface area contributed by atoms with Crippen molar-refractivity contribution in [2.45, 2.75) is 38.5 Å². The summed E-state index contributed by atoms with van der Waals surface area (Å²) < 4.78 is 5.91. The zero-order chi connectivity index (χ0) is 11.5. The van der Waals surface area contributed by atoms with E-state index < -0.39 is 0 Å². The summed E-state index contributed by atoms with van der Waals surface area (Å²) in [6, 6.07) is 8.76. The van der Waals surface area contributed by atoms with Crippen LogP contribution in [0.2, 0.25) is 5.02 Å². The quantitative estimate of drug-likeness (QED) is 0.813. The SMILES string of the molecule is CC1CCOC(c2cccc(Cl)c2)C(C)N1. The first kappa shape index (κ1) is 11.9. The van der Waals surface area contributed by atoms with E-state index >= 15 is 0 Å². The number of hydrogen-bond acceptors (Lipinski definition) is 2. The van der Waals surface area contributed by atoms with Crippen molar-refractivity contribution in [2.75, 3.05) is 6.61 Å². The van der Waals surface area contributed by atoms with Gasteiger partial charge in [-0.3, -0.25) is 0 Å². The molecule has 1 N–H and O–H groups in total. The van der Waals surface area contributed by atoms with Gasteiger partial charge in [0.25, 0.3) is 0 Å². The van der Waals surface area contributed by atoms with Gasteiger partial charge in [0.05, 0.1) is 6.10 Å². The second kappa shape index (κ2) is 5.17. The molecule has 0 saturated carbocycles. The Bertz CT molecular complexity index is 356. The summed E-state index contributed by atoms with van der Waals surface area (Å²) in [5.41, 5.74) is 1.15. The average molecular weight is 240 g/mol. The maximum atomic E-state index is 6.01. The molecule has 3 heteroatoms. The summed E-state index contributed by atoms with van der Waals surface area (Å²) in [6.45, 7) is 5.16. The minimum absolute atomic E-state index is 0.101. The van der Waals surface area contributed by atoms with Crippen LogP contribution in [0.5, 0.6) is 0 Å². The van der Waals surface area contributed by atoms with E-state index in [1.165, 1.54) is 0 Å². The summed E-state index contributed by atoms with van der Waals surface area (Å²) in [4.78, 5) is 0. The number of rotatable bonds is 1. The summed E-state index contributed by atoms with van der Waals surface area (Å²) in [7, 11) is 0. The van der Waals surface area contributed by atoms with Crippen molar-refractivity contribution in [1.82, 2.24) is 5.32 Å². The van der Waals surface area contributed by atoms with Gasteiger partial charge in [-0.25, -0.2) is 0 Å². The van der Waals surface area contributed by atoms with Gasteiger partial charge in [0, 0.05) is 23.7 Å². The first-order chi connectivity index (χ1) is 7.66. The number of hydrogen-bond donors (Lipinski definition) is 1. The minimum Gasteiger partial charge on any atom is -0.372 e. The van der Waals surface area contributed by atoms with Gasteiger partial charge in [-0.1, -0.05) is 23.7 Å². The molecule has 0 spiro atoms. The van der Waals surface area contributed by atoms with Crippen LogP contribution in [0.25, 0.3) is 0 Å². The molecule has 2 nitrogen and oxygen atoms in total. The molecular weight excluding hydrogens is 222 g/mol. The Balaban J connectivity index is 2.19. The Morgan fingerprint density at radius 2 is 2.19 bits per heavy atom. The lowest BCUT2D eigenvalue weighted by molar-refractivity contribution is 0.0461. The summed E-state index contributed by atoms with van der Waals surface area (Å²) >= 11 is 6.01. The first-order valence-corrected chi connectivity index (χ1v) is 6.17. The van der Waals surface area contributed by atoms with E-state index in [0.29, 0.717) is 12.1 Å². The molecule has 0 radical (unpaired) electrons. The van der Waals surface area contributed by atoms with Crippen LogP contribution in [0.3, 0.4) is 0 Å². The normalized spacial score (nSPS) is 31.1. The molecule has 0 amide bonds. The maximum Gasteiger partial charge on any atom is 0.0975 e.